The molecule has 1 amide bonds. The number of carbonyl (C=O) groups excluding carboxylic acids is 1. The number of nitrogens with zero attached hydrogens (tertiary/aromatic N) is 3. The lowest BCUT2D eigenvalue weighted by molar-refractivity contribution is 0.102. The molecule has 2 rings (SSSR count). The normalized spacial score (nSPS) is 11.3. The molecule has 7 heteroatoms. The lowest BCUT2D eigenvalue weighted by atomic mass is 10.1. The van der Waals surface area contributed by atoms with Crippen LogP contribution in [0.1, 0.15) is 42.7 Å². The first-order chi connectivity index (χ1) is 9.73. The van der Waals surface area contributed by atoms with Crippen molar-refractivity contribution >= 4 is 17.7 Å². The second-order valence-electron chi connectivity index (χ2n) is 5.87. The summed E-state index contributed by atoms with van der Waals surface area (Å²) in [6.07, 6.45) is 0. The molecule has 2 heterocycles. The van der Waals surface area contributed by atoms with E-state index in [0.717, 1.165) is 0 Å². The molecule has 0 bridgehead atoms. The Hall–Kier alpha value is -2.44. The SMILES string of the molecule is Cc1cc(C(=O)Nc2cc(C)on2)nc(NC(C)(C)C)n1. The number of hydrogen-bond donors (Lipinski definition) is 2. The maximum atomic E-state index is 12.2. The molecule has 0 atom stereocenters. The topological polar surface area (TPSA) is 92.9 Å². The first-order valence-electron chi connectivity index (χ1n) is 6.61. The van der Waals surface area contributed by atoms with Crippen LogP contribution in [-0.2, 0) is 0 Å². The number of rotatable bonds is 3. The van der Waals surface area contributed by atoms with Gasteiger partial charge in [-0.1, -0.05) is 5.16 Å². The summed E-state index contributed by atoms with van der Waals surface area (Å²) in [5.74, 6) is 1.05. The summed E-state index contributed by atoms with van der Waals surface area (Å²) < 4.78 is 4.90. The Kier molecular flexibility index (Phi) is 3.93. The molecule has 2 N–H and O–H groups in total. The number of nitrogens with one attached hydrogen (secondary N) is 2. The van der Waals surface area contributed by atoms with Crippen LogP contribution in [-0.4, -0.2) is 26.6 Å². The molecule has 0 aliphatic carbocycles. The van der Waals surface area contributed by atoms with Crippen molar-refractivity contribution in [2.24, 2.45) is 0 Å². The first kappa shape index (κ1) is 15.0. The van der Waals surface area contributed by atoms with Gasteiger partial charge in [0, 0.05) is 17.3 Å². The summed E-state index contributed by atoms with van der Waals surface area (Å²) in [6.45, 7) is 9.55. The molecule has 112 valence electrons. The lowest BCUT2D eigenvalue weighted by Crippen LogP contribution is -2.28. The first-order valence-corrected chi connectivity index (χ1v) is 6.61. The minimum absolute atomic E-state index is 0.190. The molecule has 0 aliphatic heterocycles. The van der Waals surface area contributed by atoms with Crippen molar-refractivity contribution < 1.29 is 9.32 Å². The van der Waals surface area contributed by atoms with Gasteiger partial charge in [0.1, 0.15) is 11.5 Å². The van der Waals surface area contributed by atoms with Gasteiger partial charge in [-0.25, -0.2) is 9.97 Å². The van der Waals surface area contributed by atoms with E-state index in [1.54, 1.807) is 19.1 Å². The number of anilines is 2. The molecule has 0 unspecified atom stereocenters. The summed E-state index contributed by atoms with van der Waals surface area (Å²) in [7, 11) is 0. The third-order valence-electron chi connectivity index (χ3n) is 2.44. The van der Waals surface area contributed by atoms with E-state index in [4.69, 9.17) is 4.52 Å². The molecule has 7 nitrogen and oxygen atoms in total. The molecule has 0 aliphatic rings. The molecule has 0 aromatic carbocycles. The van der Waals surface area contributed by atoms with Crippen molar-refractivity contribution in [3.8, 4) is 0 Å². The molecule has 0 saturated heterocycles. The van der Waals surface area contributed by atoms with E-state index in [1.165, 1.54) is 0 Å². The van der Waals surface area contributed by atoms with E-state index in [0.29, 0.717) is 23.2 Å². The van der Waals surface area contributed by atoms with Crippen molar-refractivity contribution in [1.29, 1.82) is 0 Å². The third kappa shape index (κ3) is 4.27. The zero-order valence-electron chi connectivity index (χ0n) is 12.8. The van der Waals surface area contributed by atoms with Crippen molar-refractivity contribution in [3.05, 3.63) is 29.3 Å². The predicted molar refractivity (Wildman–Crippen MR) is 79.3 cm³/mol. The molecular formula is C14H19N5O2. The maximum absolute atomic E-state index is 12.2. The van der Waals surface area contributed by atoms with Crippen LogP contribution in [0, 0.1) is 13.8 Å². The molecule has 21 heavy (non-hydrogen) atoms. The van der Waals surface area contributed by atoms with Gasteiger partial charge in [-0.3, -0.25) is 4.79 Å². The average Bonchev–Trinajstić information content (AvgIpc) is 2.71. The van der Waals surface area contributed by atoms with Crippen molar-refractivity contribution in [2.45, 2.75) is 40.2 Å². The van der Waals surface area contributed by atoms with Crippen LogP contribution in [0.25, 0.3) is 0 Å². The Morgan fingerprint density at radius 2 is 1.90 bits per heavy atom. The molecule has 0 saturated carbocycles. The van der Waals surface area contributed by atoms with Crippen LogP contribution in [0.2, 0.25) is 0 Å². The largest absolute Gasteiger partial charge is 0.360 e. The number of aromatic nitrogens is 3. The van der Waals surface area contributed by atoms with Gasteiger partial charge in [-0.15, -0.1) is 0 Å². The fourth-order valence-corrected chi connectivity index (χ4v) is 1.68. The highest BCUT2D eigenvalue weighted by atomic mass is 16.5. The van der Waals surface area contributed by atoms with Crippen LogP contribution in [0.4, 0.5) is 11.8 Å². The Labute approximate surface area is 123 Å². The number of carbonyl (C=O) groups is 1. The molecule has 0 spiro atoms. The molecule has 0 fully saturated rings. The van der Waals surface area contributed by atoms with Crippen LogP contribution < -0.4 is 10.6 Å². The average molecular weight is 289 g/mol. The minimum atomic E-state index is -0.356. The maximum Gasteiger partial charge on any atom is 0.275 e. The molecule has 2 aromatic rings. The van der Waals surface area contributed by atoms with E-state index >= 15 is 0 Å². The molecule has 0 radical (unpaired) electrons. The van der Waals surface area contributed by atoms with Gasteiger partial charge in [0.25, 0.3) is 5.91 Å². The standard InChI is InChI=1S/C14H19N5O2/c1-8-6-10(16-13(15-8)18-14(3,4)5)12(20)17-11-7-9(2)21-19-11/h6-7H,1-5H3,(H,15,16,18)(H,17,19,20). The quantitative estimate of drug-likeness (QED) is 0.902. The van der Waals surface area contributed by atoms with Gasteiger partial charge in [-0.05, 0) is 40.7 Å². The monoisotopic (exact) mass is 289 g/mol. The zero-order valence-corrected chi connectivity index (χ0v) is 12.8. The highest BCUT2D eigenvalue weighted by Gasteiger charge is 2.16. The smallest absolute Gasteiger partial charge is 0.275 e. The van der Waals surface area contributed by atoms with Gasteiger partial charge in [-0.2, -0.15) is 0 Å². The highest BCUT2D eigenvalue weighted by molar-refractivity contribution is 6.02. The molecule has 2 aromatic heterocycles. The Bertz CT molecular complexity index is 658. The Morgan fingerprint density at radius 3 is 2.48 bits per heavy atom. The van der Waals surface area contributed by atoms with Crippen molar-refractivity contribution in [3.63, 3.8) is 0 Å². The summed E-state index contributed by atoms with van der Waals surface area (Å²) in [4.78, 5) is 20.7. The zero-order chi connectivity index (χ0) is 15.6. The fraction of sp³-hybridized carbons (Fsp3) is 0.429. The second kappa shape index (κ2) is 5.51. The van der Waals surface area contributed by atoms with Crippen LogP contribution in [0.5, 0.6) is 0 Å². The van der Waals surface area contributed by atoms with Gasteiger partial charge in [0.05, 0.1) is 0 Å². The van der Waals surface area contributed by atoms with Crippen molar-refractivity contribution in [1.82, 2.24) is 15.1 Å². The van der Waals surface area contributed by atoms with Gasteiger partial charge in [0.15, 0.2) is 5.82 Å². The summed E-state index contributed by atoms with van der Waals surface area (Å²) in [6, 6.07) is 3.26. The Balaban J connectivity index is 2.20. The molecular weight excluding hydrogens is 270 g/mol. The van der Waals surface area contributed by atoms with Crippen LogP contribution in [0.15, 0.2) is 16.7 Å². The summed E-state index contributed by atoms with van der Waals surface area (Å²) in [5.41, 5.74) is 0.790. The lowest BCUT2D eigenvalue weighted by Gasteiger charge is -2.20. The van der Waals surface area contributed by atoms with Gasteiger partial charge < -0.3 is 15.2 Å². The van der Waals surface area contributed by atoms with Crippen LogP contribution >= 0.6 is 0 Å². The van der Waals surface area contributed by atoms with E-state index in [2.05, 4.69) is 25.8 Å². The van der Waals surface area contributed by atoms with E-state index in [1.807, 2.05) is 27.7 Å². The number of hydrogen-bond acceptors (Lipinski definition) is 6. The van der Waals surface area contributed by atoms with E-state index in [9.17, 15) is 4.79 Å². The van der Waals surface area contributed by atoms with Crippen LogP contribution in [0.3, 0.4) is 0 Å². The van der Waals surface area contributed by atoms with E-state index in [-0.39, 0.29) is 17.1 Å². The third-order valence-corrected chi connectivity index (χ3v) is 2.44. The predicted octanol–water partition coefficient (Wildman–Crippen LogP) is 2.54. The fourth-order valence-electron chi connectivity index (χ4n) is 1.68. The number of amides is 1. The van der Waals surface area contributed by atoms with Gasteiger partial charge >= 0.3 is 0 Å². The Morgan fingerprint density at radius 1 is 1.19 bits per heavy atom. The number of aryl methyl sites for hydroxylation is 2. The van der Waals surface area contributed by atoms with E-state index < -0.39 is 0 Å². The minimum Gasteiger partial charge on any atom is -0.360 e. The second-order valence-corrected chi connectivity index (χ2v) is 5.87. The highest BCUT2D eigenvalue weighted by Crippen LogP contribution is 2.13. The van der Waals surface area contributed by atoms with Gasteiger partial charge in [0.2, 0.25) is 5.95 Å². The summed E-state index contributed by atoms with van der Waals surface area (Å²) >= 11 is 0. The van der Waals surface area contributed by atoms with Crippen molar-refractivity contribution in [2.75, 3.05) is 10.6 Å². The summed E-state index contributed by atoms with van der Waals surface area (Å²) in [5, 5.41) is 9.50.